The van der Waals surface area contributed by atoms with E-state index < -0.39 is 44.9 Å². The van der Waals surface area contributed by atoms with Crippen LogP contribution in [0.3, 0.4) is 0 Å². The maximum Gasteiger partial charge on any atom is 0.421 e. The van der Waals surface area contributed by atoms with Crippen LogP contribution in [0.4, 0.5) is 18.9 Å². The Morgan fingerprint density at radius 2 is 1.73 bits per heavy atom. The topological polar surface area (TPSA) is 72.5 Å². The van der Waals surface area contributed by atoms with Gasteiger partial charge in [0.25, 0.3) is 5.91 Å². The molecule has 9 heteroatoms. The predicted octanol–water partition coefficient (Wildman–Crippen LogP) is 3.33. The summed E-state index contributed by atoms with van der Waals surface area (Å²) in [5.74, 6) is -1.10. The van der Waals surface area contributed by atoms with Crippen molar-refractivity contribution in [2.75, 3.05) is 24.2 Å². The van der Waals surface area contributed by atoms with Gasteiger partial charge in [-0.05, 0) is 47.8 Å². The summed E-state index contributed by atoms with van der Waals surface area (Å²) in [7, 11) is 0. The minimum absolute atomic E-state index is 0.0986. The number of nitrogens with one attached hydrogen (secondary N) is 1. The molecule has 5 nitrogen and oxygen atoms in total. The molecule has 0 aromatic heterocycles. The summed E-state index contributed by atoms with van der Waals surface area (Å²) in [4.78, 5) is 26.3. The van der Waals surface area contributed by atoms with E-state index in [1.165, 1.54) is 17.0 Å². The molecule has 2 aromatic carbocycles. The Morgan fingerprint density at radius 1 is 1.10 bits per heavy atom. The fraction of sp³-hybridized carbons (Fsp3) is 0.333. The maximum absolute atomic E-state index is 13.2. The summed E-state index contributed by atoms with van der Waals surface area (Å²) in [5.41, 5.74) is -0.0139. The van der Waals surface area contributed by atoms with Gasteiger partial charge in [0.15, 0.2) is 10.6 Å². The van der Waals surface area contributed by atoms with E-state index in [1.807, 2.05) is 24.3 Å². The van der Waals surface area contributed by atoms with Crippen molar-refractivity contribution in [2.45, 2.75) is 29.3 Å². The van der Waals surface area contributed by atoms with Gasteiger partial charge in [0.2, 0.25) is 5.91 Å². The molecule has 2 aliphatic heterocycles. The maximum atomic E-state index is 13.2. The highest BCUT2D eigenvalue weighted by molar-refractivity contribution is 7.92. The smallest absolute Gasteiger partial charge is 0.421 e. The summed E-state index contributed by atoms with van der Waals surface area (Å²) in [6.07, 6.45) is -3.82. The zero-order valence-corrected chi connectivity index (χ0v) is 16.7. The zero-order valence-electron chi connectivity index (χ0n) is 15.9. The number of amides is 2. The third-order valence-electron chi connectivity index (χ3n) is 5.79. The number of rotatable bonds is 3. The molecule has 0 aliphatic carbocycles. The van der Waals surface area contributed by atoms with E-state index >= 15 is 0 Å². The van der Waals surface area contributed by atoms with Crippen LogP contribution in [0.1, 0.15) is 24.0 Å². The molecule has 158 valence electrons. The molecular weight excluding hydrogens is 417 g/mol. The first kappa shape index (κ1) is 20.7. The first-order chi connectivity index (χ1) is 14.2. The van der Waals surface area contributed by atoms with Crippen molar-refractivity contribution in [1.82, 2.24) is 4.90 Å². The van der Waals surface area contributed by atoms with E-state index in [0.717, 1.165) is 23.4 Å². The number of likely N-dealkylation sites (tertiary alicyclic amines) is 1. The van der Waals surface area contributed by atoms with Crippen LogP contribution in [-0.4, -0.2) is 40.1 Å². The van der Waals surface area contributed by atoms with E-state index in [2.05, 4.69) is 5.32 Å². The Kier molecular flexibility index (Phi) is 5.27. The van der Waals surface area contributed by atoms with Crippen LogP contribution < -0.4 is 5.32 Å². The lowest BCUT2D eigenvalue weighted by Crippen LogP contribution is -2.49. The standard InChI is InChI=1S/C21H19F3N2O3S/c22-21(23,24)15-6-2-4-8-17(15)30(29)13-18(27)26-11-9-20(10-12-26)14-5-1-3-7-16(14)25-19(20)28/h1-8H,9-13H2,(H,25,28). The Balaban J connectivity index is 1.44. The van der Waals surface area contributed by atoms with Gasteiger partial charge in [-0.2, -0.15) is 13.2 Å². The summed E-state index contributed by atoms with van der Waals surface area (Å²) in [6.45, 7) is 0.553. The van der Waals surface area contributed by atoms with Gasteiger partial charge in [0.05, 0.1) is 5.41 Å². The van der Waals surface area contributed by atoms with E-state index in [0.29, 0.717) is 12.8 Å². The second kappa shape index (κ2) is 7.63. The molecule has 0 saturated carbocycles. The normalized spacial score (nSPS) is 18.8. The van der Waals surface area contributed by atoms with Crippen LogP contribution in [0.25, 0.3) is 0 Å². The van der Waals surface area contributed by atoms with Gasteiger partial charge in [-0.3, -0.25) is 9.59 Å². The number of anilines is 1. The molecule has 2 aromatic rings. The van der Waals surface area contributed by atoms with Crippen molar-refractivity contribution >= 4 is 28.7 Å². The van der Waals surface area contributed by atoms with E-state index in [4.69, 9.17) is 0 Å². The molecular formula is C21H19F3N2O3S. The highest BCUT2D eigenvalue weighted by Crippen LogP contribution is 2.44. The molecule has 1 atom stereocenters. The summed E-state index contributed by atoms with van der Waals surface area (Å²) < 4.78 is 52.0. The van der Waals surface area contributed by atoms with Crippen molar-refractivity contribution < 1.29 is 27.3 Å². The van der Waals surface area contributed by atoms with Crippen LogP contribution in [0.2, 0.25) is 0 Å². The lowest BCUT2D eigenvalue weighted by atomic mass is 9.73. The molecule has 4 rings (SSSR count). The summed E-state index contributed by atoms with van der Waals surface area (Å²) in [6, 6.07) is 12.0. The number of alkyl halides is 3. The third kappa shape index (κ3) is 3.56. The van der Waals surface area contributed by atoms with Crippen LogP contribution in [-0.2, 0) is 32.4 Å². The number of halogens is 3. The molecule has 1 unspecified atom stereocenters. The van der Waals surface area contributed by atoms with Gasteiger partial charge in [0.1, 0.15) is 5.56 Å². The van der Waals surface area contributed by atoms with Crippen molar-refractivity contribution in [2.24, 2.45) is 0 Å². The number of nitrogens with zero attached hydrogens (tertiary/aromatic N) is 1. The monoisotopic (exact) mass is 436 g/mol. The Hall–Kier alpha value is -2.52. The van der Waals surface area contributed by atoms with Crippen LogP contribution in [0.15, 0.2) is 53.4 Å². The lowest BCUT2D eigenvalue weighted by molar-refractivity contribution is -0.140. The van der Waals surface area contributed by atoms with Gasteiger partial charge in [-0.25, -0.2) is 0 Å². The SMILES string of the molecule is O=C(C[S+]([O-])c1ccccc1C(F)(F)F)N1CCC2(CC1)C(=O)Nc1ccccc12. The van der Waals surface area contributed by atoms with Crippen molar-refractivity contribution in [3.8, 4) is 0 Å². The van der Waals surface area contributed by atoms with Crippen molar-refractivity contribution in [3.05, 3.63) is 59.7 Å². The number of benzene rings is 2. The molecule has 0 bridgehead atoms. The van der Waals surface area contributed by atoms with Crippen molar-refractivity contribution in [1.29, 1.82) is 0 Å². The van der Waals surface area contributed by atoms with E-state index in [9.17, 15) is 27.3 Å². The molecule has 2 heterocycles. The number of piperidine rings is 1. The van der Waals surface area contributed by atoms with Gasteiger partial charge in [0, 0.05) is 18.8 Å². The van der Waals surface area contributed by atoms with Crippen LogP contribution >= 0.6 is 0 Å². The Morgan fingerprint density at radius 3 is 2.43 bits per heavy atom. The minimum atomic E-state index is -4.64. The first-order valence-corrected chi connectivity index (χ1v) is 10.8. The molecule has 0 radical (unpaired) electrons. The van der Waals surface area contributed by atoms with Crippen LogP contribution in [0, 0.1) is 0 Å². The predicted molar refractivity (Wildman–Crippen MR) is 105 cm³/mol. The van der Waals surface area contributed by atoms with E-state index in [1.54, 1.807) is 0 Å². The zero-order chi connectivity index (χ0) is 21.5. The number of carbonyl (C=O) groups is 2. The quantitative estimate of drug-likeness (QED) is 0.751. The Bertz CT molecular complexity index is 987. The number of para-hydroxylation sites is 1. The number of hydrogen-bond acceptors (Lipinski definition) is 3. The average Bonchev–Trinajstić information content (AvgIpc) is 2.99. The third-order valence-corrected chi connectivity index (χ3v) is 7.14. The fourth-order valence-electron chi connectivity index (χ4n) is 4.19. The minimum Gasteiger partial charge on any atom is -0.611 e. The number of fused-ring (bicyclic) bond motifs is 2. The van der Waals surface area contributed by atoms with Crippen molar-refractivity contribution in [3.63, 3.8) is 0 Å². The summed E-state index contributed by atoms with van der Waals surface area (Å²) in [5, 5.41) is 2.88. The van der Waals surface area contributed by atoms with Gasteiger partial charge >= 0.3 is 6.18 Å². The molecule has 1 saturated heterocycles. The molecule has 1 spiro atoms. The highest BCUT2D eigenvalue weighted by atomic mass is 32.2. The largest absolute Gasteiger partial charge is 0.611 e. The molecule has 1 fully saturated rings. The molecule has 2 aliphatic rings. The lowest BCUT2D eigenvalue weighted by Gasteiger charge is -2.37. The van der Waals surface area contributed by atoms with Crippen LogP contribution in [0.5, 0.6) is 0 Å². The number of hydrogen-bond donors (Lipinski definition) is 1. The van der Waals surface area contributed by atoms with Gasteiger partial charge < -0.3 is 14.8 Å². The number of carbonyl (C=O) groups excluding carboxylic acids is 2. The molecule has 2 amide bonds. The fourth-order valence-corrected chi connectivity index (χ4v) is 5.41. The highest BCUT2D eigenvalue weighted by Gasteiger charge is 2.49. The molecule has 1 N–H and O–H groups in total. The Labute approximate surface area is 174 Å². The van der Waals surface area contributed by atoms with E-state index in [-0.39, 0.29) is 19.0 Å². The van der Waals surface area contributed by atoms with Gasteiger partial charge in [-0.15, -0.1) is 0 Å². The average molecular weight is 436 g/mol. The molecule has 30 heavy (non-hydrogen) atoms. The summed E-state index contributed by atoms with van der Waals surface area (Å²) >= 11 is -2.12. The second-order valence-electron chi connectivity index (χ2n) is 7.45. The first-order valence-electron chi connectivity index (χ1n) is 9.46. The van der Waals surface area contributed by atoms with Gasteiger partial charge in [-0.1, -0.05) is 30.3 Å². The second-order valence-corrected chi connectivity index (χ2v) is 8.87.